The third-order valence-corrected chi connectivity index (χ3v) is 4.76. The van der Waals surface area contributed by atoms with E-state index in [0.717, 1.165) is 31.2 Å². The van der Waals surface area contributed by atoms with E-state index in [9.17, 15) is 9.59 Å². The zero-order valence-electron chi connectivity index (χ0n) is 19.5. The first-order valence-corrected chi connectivity index (χ1v) is 10.9. The molecule has 0 radical (unpaired) electrons. The molecular weight excluding hydrogens is 455 g/mol. The molecule has 0 aromatic heterocycles. The Labute approximate surface area is 204 Å². The Morgan fingerprint density at radius 3 is 1.72 bits per heavy atom. The molecule has 0 aliphatic carbocycles. The van der Waals surface area contributed by atoms with Gasteiger partial charge in [-0.25, -0.2) is 14.5 Å². The Balaban J connectivity index is 0. The maximum Gasteiger partial charge on any atom is 0.408 e. The fourth-order valence-electron chi connectivity index (χ4n) is 3.16. The predicted octanol–water partition coefficient (Wildman–Crippen LogP) is 4.58. The molecule has 8 nitrogen and oxygen atoms in total. The SMILES string of the molecule is CCCCNC(=O)OC(C)N(C(C)OC(=O)NCCCC)C(CN)c1ccccc1.Cl.Cl. The number of unbranched alkanes of at least 4 members (excludes halogenated alkanes) is 2. The van der Waals surface area contributed by atoms with Crippen molar-refractivity contribution in [3.63, 3.8) is 0 Å². The van der Waals surface area contributed by atoms with Gasteiger partial charge in [0, 0.05) is 19.6 Å². The lowest BCUT2D eigenvalue weighted by Crippen LogP contribution is -2.50. The zero-order chi connectivity index (χ0) is 22.4. The molecule has 0 bridgehead atoms. The highest BCUT2D eigenvalue weighted by Crippen LogP contribution is 2.26. The first kappa shape index (κ1) is 32.4. The molecule has 186 valence electrons. The van der Waals surface area contributed by atoms with Crippen molar-refractivity contribution in [3.8, 4) is 0 Å². The maximum absolute atomic E-state index is 12.2. The fraction of sp³-hybridized carbons (Fsp3) is 0.636. The number of carbonyl (C=O) groups excluding carboxylic acids is 2. The molecule has 0 aliphatic rings. The molecule has 1 rings (SSSR count). The van der Waals surface area contributed by atoms with Gasteiger partial charge in [-0.15, -0.1) is 24.8 Å². The van der Waals surface area contributed by atoms with Gasteiger partial charge in [0.05, 0.1) is 6.04 Å². The van der Waals surface area contributed by atoms with E-state index in [-0.39, 0.29) is 37.4 Å². The van der Waals surface area contributed by atoms with Crippen LogP contribution in [0.15, 0.2) is 30.3 Å². The second-order valence-corrected chi connectivity index (χ2v) is 7.18. The Morgan fingerprint density at radius 2 is 1.34 bits per heavy atom. The molecule has 2 amide bonds. The summed E-state index contributed by atoms with van der Waals surface area (Å²) in [6, 6.07) is 9.36. The first-order valence-electron chi connectivity index (χ1n) is 10.9. The molecule has 0 aliphatic heterocycles. The van der Waals surface area contributed by atoms with Crippen LogP contribution < -0.4 is 16.4 Å². The number of alkyl carbamates (subject to hydrolysis) is 2. The molecule has 0 saturated heterocycles. The van der Waals surface area contributed by atoms with Crippen molar-refractivity contribution in [2.45, 2.75) is 71.9 Å². The maximum atomic E-state index is 12.2. The van der Waals surface area contributed by atoms with Crippen molar-refractivity contribution in [2.24, 2.45) is 5.73 Å². The molecule has 1 aromatic rings. The smallest absolute Gasteiger partial charge is 0.408 e. The predicted molar refractivity (Wildman–Crippen MR) is 132 cm³/mol. The molecule has 0 saturated carbocycles. The summed E-state index contributed by atoms with van der Waals surface area (Å²) < 4.78 is 11.1. The monoisotopic (exact) mass is 494 g/mol. The highest BCUT2D eigenvalue weighted by atomic mass is 35.5. The van der Waals surface area contributed by atoms with Crippen LogP contribution in [-0.2, 0) is 9.47 Å². The van der Waals surface area contributed by atoms with Crippen molar-refractivity contribution in [1.82, 2.24) is 15.5 Å². The van der Waals surface area contributed by atoms with E-state index in [0.29, 0.717) is 13.1 Å². The summed E-state index contributed by atoms with van der Waals surface area (Å²) in [5, 5.41) is 5.48. The number of nitrogens with zero attached hydrogens (tertiary/aromatic N) is 1. The van der Waals surface area contributed by atoms with E-state index in [4.69, 9.17) is 15.2 Å². The van der Waals surface area contributed by atoms with Crippen molar-refractivity contribution in [2.75, 3.05) is 19.6 Å². The van der Waals surface area contributed by atoms with Crippen molar-refractivity contribution in [1.29, 1.82) is 0 Å². The van der Waals surface area contributed by atoms with Crippen LogP contribution in [0.25, 0.3) is 0 Å². The molecule has 3 atom stereocenters. The molecule has 32 heavy (non-hydrogen) atoms. The topological polar surface area (TPSA) is 106 Å². The summed E-state index contributed by atoms with van der Waals surface area (Å²) in [5.41, 5.74) is 7.03. The van der Waals surface area contributed by atoms with E-state index in [1.807, 2.05) is 44.2 Å². The minimum atomic E-state index is -0.668. The molecule has 0 heterocycles. The zero-order valence-corrected chi connectivity index (χ0v) is 21.2. The third kappa shape index (κ3) is 11.8. The largest absolute Gasteiger partial charge is 0.430 e. The fourth-order valence-corrected chi connectivity index (χ4v) is 3.16. The second-order valence-electron chi connectivity index (χ2n) is 7.18. The number of nitrogens with two attached hydrogens (primary N) is 1. The highest BCUT2D eigenvalue weighted by Gasteiger charge is 2.32. The summed E-state index contributed by atoms with van der Waals surface area (Å²) in [6.45, 7) is 8.96. The summed E-state index contributed by atoms with van der Waals surface area (Å²) >= 11 is 0. The van der Waals surface area contributed by atoms with Crippen LogP contribution in [0, 0.1) is 0 Å². The van der Waals surface area contributed by atoms with E-state index < -0.39 is 24.6 Å². The van der Waals surface area contributed by atoms with Gasteiger partial charge in [-0.1, -0.05) is 57.0 Å². The van der Waals surface area contributed by atoms with Crippen molar-refractivity contribution in [3.05, 3.63) is 35.9 Å². The Morgan fingerprint density at radius 1 is 0.906 bits per heavy atom. The second kappa shape index (κ2) is 18.8. The minimum Gasteiger partial charge on any atom is -0.430 e. The number of rotatable bonds is 13. The van der Waals surface area contributed by atoms with Crippen LogP contribution in [0.5, 0.6) is 0 Å². The standard InChI is InChI=1S/C22H38N4O4.2ClH/c1-5-7-14-24-21(27)29-17(3)26(18(4)30-22(28)25-15-8-6-2)20(16-23)19-12-10-9-11-13-19;;/h9-13,17-18,20H,5-8,14-16,23H2,1-4H3,(H,24,27)(H,25,28);2*1H. The van der Waals surface area contributed by atoms with Crippen LogP contribution >= 0.6 is 24.8 Å². The van der Waals surface area contributed by atoms with Gasteiger partial charge >= 0.3 is 12.2 Å². The summed E-state index contributed by atoms with van der Waals surface area (Å²) in [7, 11) is 0. The number of ether oxygens (including phenoxy) is 2. The normalized spacial score (nSPS) is 13.1. The average molecular weight is 495 g/mol. The average Bonchev–Trinajstić information content (AvgIpc) is 2.72. The van der Waals surface area contributed by atoms with Crippen LogP contribution in [0.2, 0.25) is 0 Å². The molecule has 3 unspecified atom stereocenters. The summed E-state index contributed by atoms with van der Waals surface area (Å²) in [6.07, 6.45) is 1.35. The van der Waals surface area contributed by atoms with E-state index >= 15 is 0 Å². The number of hydrogen-bond donors (Lipinski definition) is 3. The van der Waals surface area contributed by atoms with E-state index in [2.05, 4.69) is 10.6 Å². The minimum absolute atomic E-state index is 0. The number of benzene rings is 1. The summed E-state index contributed by atoms with van der Waals surface area (Å²) in [5.74, 6) is 0. The number of halogens is 2. The number of amides is 2. The highest BCUT2D eigenvalue weighted by molar-refractivity contribution is 5.85. The van der Waals surface area contributed by atoms with Gasteiger partial charge in [0.15, 0.2) is 12.5 Å². The van der Waals surface area contributed by atoms with Gasteiger partial charge in [0.25, 0.3) is 0 Å². The first-order chi connectivity index (χ1) is 14.4. The van der Waals surface area contributed by atoms with E-state index in [1.165, 1.54) is 0 Å². The van der Waals surface area contributed by atoms with Gasteiger partial charge in [0.2, 0.25) is 0 Å². The Hall–Kier alpha value is -1.74. The lowest BCUT2D eigenvalue weighted by molar-refractivity contribution is -0.114. The molecule has 0 fully saturated rings. The number of hydrogen-bond acceptors (Lipinski definition) is 6. The van der Waals surface area contributed by atoms with Crippen LogP contribution in [-0.4, -0.2) is 49.2 Å². The number of nitrogens with one attached hydrogen (secondary N) is 2. The molecule has 1 aromatic carbocycles. The van der Waals surface area contributed by atoms with Gasteiger partial charge < -0.3 is 25.8 Å². The van der Waals surface area contributed by atoms with E-state index in [1.54, 1.807) is 18.7 Å². The Kier molecular flexibility index (Phi) is 19.1. The molecular formula is C22H40Cl2N4O4. The van der Waals surface area contributed by atoms with Gasteiger partial charge in [-0.3, -0.25) is 0 Å². The van der Waals surface area contributed by atoms with Crippen molar-refractivity contribution < 1.29 is 19.1 Å². The lowest BCUT2D eigenvalue weighted by atomic mass is 10.0. The van der Waals surface area contributed by atoms with Crippen LogP contribution in [0.1, 0.15) is 65.0 Å². The third-order valence-electron chi connectivity index (χ3n) is 4.76. The van der Waals surface area contributed by atoms with Crippen LogP contribution in [0.4, 0.5) is 9.59 Å². The van der Waals surface area contributed by atoms with Gasteiger partial charge in [0.1, 0.15) is 0 Å². The van der Waals surface area contributed by atoms with Crippen LogP contribution in [0.3, 0.4) is 0 Å². The Bertz CT molecular complexity index is 595. The number of carbonyl (C=O) groups is 2. The molecule has 0 spiro atoms. The molecule has 10 heteroatoms. The van der Waals surface area contributed by atoms with Gasteiger partial charge in [-0.2, -0.15) is 0 Å². The quantitative estimate of drug-likeness (QED) is 0.273. The van der Waals surface area contributed by atoms with Gasteiger partial charge in [-0.05, 0) is 32.3 Å². The molecule has 4 N–H and O–H groups in total. The lowest BCUT2D eigenvalue weighted by Gasteiger charge is -2.38. The summed E-state index contributed by atoms with van der Waals surface area (Å²) in [4.78, 5) is 26.2. The van der Waals surface area contributed by atoms with Crippen molar-refractivity contribution >= 4 is 37.0 Å².